The molecule has 2 rings (SSSR count). The van der Waals surface area contributed by atoms with Crippen LogP contribution in [0.3, 0.4) is 0 Å². The van der Waals surface area contributed by atoms with Crippen molar-refractivity contribution in [2.75, 3.05) is 7.11 Å². The molecule has 0 aromatic carbocycles. The van der Waals surface area contributed by atoms with E-state index in [4.69, 9.17) is 4.74 Å². The molecule has 0 saturated carbocycles. The molecule has 0 saturated heterocycles. The quantitative estimate of drug-likeness (QED) is 0.842. The van der Waals surface area contributed by atoms with E-state index in [2.05, 4.69) is 31.1 Å². The molecule has 0 aliphatic carbocycles. The molecule has 0 amide bonds. The van der Waals surface area contributed by atoms with Crippen LogP contribution in [0.15, 0.2) is 22.2 Å². The lowest BCUT2D eigenvalue weighted by molar-refractivity contribution is 0.398. The number of halogens is 1. The Kier molecular flexibility index (Phi) is 2.74. The summed E-state index contributed by atoms with van der Waals surface area (Å²) in [4.78, 5) is 4.08. The normalized spacial score (nSPS) is 10.1. The summed E-state index contributed by atoms with van der Waals surface area (Å²) in [5.41, 5.74) is 0.939. The number of rotatable bonds is 2. The van der Waals surface area contributed by atoms with Crippen LogP contribution in [0.1, 0.15) is 0 Å². The van der Waals surface area contributed by atoms with Crippen molar-refractivity contribution in [2.45, 2.75) is 0 Å². The minimum absolute atomic E-state index is 0.595. The smallest absolute Gasteiger partial charge is 0.212 e. The van der Waals surface area contributed by atoms with E-state index in [0.717, 1.165) is 14.5 Å². The van der Waals surface area contributed by atoms with Crippen molar-refractivity contribution in [1.29, 1.82) is 0 Å². The average Bonchev–Trinajstić information content (AvgIpc) is 2.65. The average molecular weight is 272 g/mol. The molecule has 6 heteroatoms. The van der Waals surface area contributed by atoms with Gasteiger partial charge in [-0.3, -0.25) is 0 Å². The largest absolute Gasteiger partial charge is 0.481 e. The van der Waals surface area contributed by atoms with Gasteiger partial charge in [0.2, 0.25) is 5.88 Å². The number of nitrogens with zero attached hydrogens (tertiary/aromatic N) is 3. The van der Waals surface area contributed by atoms with Crippen molar-refractivity contribution in [3.8, 4) is 16.5 Å². The Labute approximate surface area is 93.1 Å². The molecule has 0 bridgehead atoms. The fraction of sp³-hybridized carbons (Fsp3) is 0.125. The van der Waals surface area contributed by atoms with Crippen LogP contribution in [0.2, 0.25) is 0 Å². The van der Waals surface area contributed by atoms with Gasteiger partial charge in [0.15, 0.2) is 3.92 Å². The first-order valence-corrected chi connectivity index (χ1v) is 5.40. The summed E-state index contributed by atoms with van der Waals surface area (Å²) in [5.74, 6) is 0.595. The summed E-state index contributed by atoms with van der Waals surface area (Å²) < 4.78 is 5.72. The summed E-state index contributed by atoms with van der Waals surface area (Å²) in [5, 5.41) is 8.68. The van der Waals surface area contributed by atoms with E-state index in [0.29, 0.717) is 5.88 Å². The van der Waals surface area contributed by atoms with Crippen LogP contribution in [0.4, 0.5) is 0 Å². The lowest BCUT2D eigenvalue weighted by Crippen LogP contribution is -1.86. The third kappa shape index (κ3) is 1.91. The first-order chi connectivity index (χ1) is 6.79. The Morgan fingerprint density at radius 2 is 2.21 bits per heavy atom. The first kappa shape index (κ1) is 9.54. The zero-order chi connectivity index (χ0) is 9.97. The molecular formula is C8H6BrN3OS. The van der Waals surface area contributed by atoms with Gasteiger partial charge in [0.25, 0.3) is 0 Å². The fourth-order valence-electron chi connectivity index (χ4n) is 0.950. The minimum atomic E-state index is 0.595. The lowest BCUT2D eigenvalue weighted by atomic mass is 10.3. The van der Waals surface area contributed by atoms with E-state index in [-0.39, 0.29) is 0 Å². The maximum absolute atomic E-state index is 4.96. The minimum Gasteiger partial charge on any atom is -0.481 e. The lowest BCUT2D eigenvalue weighted by Gasteiger charge is -1.97. The maximum Gasteiger partial charge on any atom is 0.212 e. The number of methoxy groups -OCH3 is 1. The zero-order valence-corrected chi connectivity index (χ0v) is 9.67. The number of aromatic nitrogens is 3. The van der Waals surface area contributed by atoms with Gasteiger partial charge in [-0.2, -0.15) is 0 Å². The monoisotopic (exact) mass is 271 g/mol. The van der Waals surface area contributed by atoms with Gasteiger partial charge >= 0.3 is 0 Å². The third-order valence-electron chi connectivity index (χ3n) is 1.59. The summed E-state index contributed by atoms with van der Waals surface area (Å²) in [6, 6.07) is 3.70. The topological polar surface area (TPSA) is 47.9 Å². The standard InChI is InChI=1S/C8H6BrN3OS/c1-13-6-3-2-5(4-10-6)7-11-12-8(9)14-7/h2-4H,1H3. The molecule has 0 unspecified atom stereocenters. The summed E-state index contributed by atoms with van der Waals surface area (Å²) in [6.07, 6.45) is 1.71. The van der Waals surface area contributed by atoms with E-state index in [1.54, 1.807) is 19.4 Å². The first-order valence-electron chi connectivity index (χ1n) is 3.79. The molecule has 0 atom stereocenters. The number of pyridine rings is 1. The van der Waals surface area contributed by atoms with Crippen LogP contribution in [0, 0.1) is 0 Å². The van der Waals surface area contributed by atoms with Gasteiger partial charge in [0, 0.05) is 17.8 Å². The van der Waals surface area contributed by atoms with Crippen LogP contribution in [0.5, 0.6) is 5.88 Å². The summed E-state index contributed by atoms with van der Waals surface area (Å²) in [6.45, 7) is 0. The van der Waals surface area contributed by atoms with Gasteiger partial charge in [0.1, 0.15) is 5.01 Å². The zero-order valence-electron chi connectivity index (χ0n) is 7.27. The maximum atomic E-state index is 4.96. The van der Waals surface area contributed by atoms with Crippen molar-refractivity contribution >= 4 is 27.3 Å². The van der Waals surface area contributed by atoms with Gasteiger partial charge in [-0.05, 0) is 22.0 Å². The van der Waals surface area contributed by atoms with E-state index >= 15 is 0 Å². The molecule has 2 aromatic heterocycles. The Hall–Kier alpha value is -1.01. The molecular weight excluding hydrogens is 266 g/mol. The van der Waals surface area contributed by atoms with Crippen LogP contribution in [-0.4, -0.2) is 22.3 Å². The van der Waals surface area contributed by atoms with Gasteiger partial charge in [0.05, 0.1) is 7.11 Å². The fourth-order valence-corrected chi connectivity index (χ4v) is 2.05. The van der Waals surface area contributed by atoms with Crippen molar-refractivity contribution in [3.63, 3.8) is 0 Å². The van der Waals surface area contributed by atoms with Crippen molar-refractivity contribution in [1.82, 2.24) is 15.2 Å². The van der Waals surface area contributed by atoms with Gasteiger partial charge in [-0.25, -0.2) is 4.98 Å². The van der Waals surface area contributed by atoms with Gasteiger partial charge in [-0.15, -0.1) is 10.2 Å². The van der Waals surface area contributed by atoms with Gasteiger partial charge < -0.3 is 4.74 Å². The third-order valence-corrected chi connectivity index (χ3v) is 3.00. The molecule has 4 nitrogen and oxygen atoms in total. The predicted molar refractivity (Wildman–Crippen MR) is 57.4 cm³/mol. The highest BCUT2D eigenvalue weighted by molar-refractivity contribution is 9.11. The molecule has 0 spiro atoms. The van der Waals surface area contributed by atoms with Gasteiger partial charge in [-0.1, -0.05) is 11.3 Å². The molecule has 0 fully saturated rings. The number of hydrogen-bond donors (Lipinski definition) is 0. The molecule has 0 N–H and O–H groups in total. The molecule has 72 valence electrons. The van der Waals surface area contributed by atoms with Crippen LogP contribution < -0.4 is 4.74 Å². The highest BCUT2D eigenvalue weighted by Gasteiger charge is 2.04. The molecule has 0 aliphatic rings. The number of ether oxygens (including phenoxy) is 1. The second-order valence-electron chi connectivity index (χ2n) is 2.45. The Bertz CT molecular complexity index is 428. The van der Waals surface area contributed by atoms with Crippen molar-refractivity contribution in [3.05, 3.63) is 22.2 Å². The molecule has 0 radical (unpaired) electrons. The van der Waals surface area contributed by atoms with E-state index in [1.165, 1.54) is 11.3 Å². The van der Waals surface area contributed by atoms with Crippen LogP contribution in [0.25, 0.3) is 10.6 Å². The Balaban J connectivity index is 2.33. The molecule has 2 aromatic rings. The predicted octanol–water partition coefficient (Wildman–Crippen LogP) is 2.37. The summed E-state index contributed by atoms with van der Waals surface area (Å²) in [7, 11) is 1.59. The second kappa shape index (κ2) is 4.02. The Morgan fingerprint density at radius 3 is 2.71 bits per heavy atom. The second-order valence-corrected chi connectivity index (χ2v) is 4.70. The highest BCUT2D eigenvalue weighted by Crippen LogP contribution is 2.26. The SMILES string of the molecule is COc1ccc(-c2nnc(Br)s2)cn1. The van der Waals surface area contributed by atoms with E-state index in [9.17, 15) is 0 Å². The van der Waals surface area contributed by atoms with Crippen LogP contribution >= 0.6 is 27.3 Å². The van der Waals surface area contributed by atoms with Crippen LogP contribution in [-0.2, 0) is 0 Å². The van der Waals surface area contributed by atoms with E-state index in [1.807, 2.05) is 6.07 Å². The highest BCUT2D eigenvalue weighted by atomic mass is 79.9. The molecule has 0 aliphatic heterocycles. The van der Waals surface area contributed by atoms with Crippen molar-refractivity contribution < 1.29 is 4.74 Å². The molecule has 2 heterocycles. The Morgan fingerprint density at radius 1 is 1.36 bits per heavy atom. The molecule has 14 heavy (non-hydrogen) atoms. The van der Waals surface area contributed by atoms with E-state index < -0.39 is 0 Å². The van der Waals surface area contributed by atoms with Crippen molar-refractivity contribution in [2.24, 2.45) is 0 Å². The number of hydrogen-bond acceptors (Lipinski definition) is 5. The summed E-state index contributed by atoms with van der Waals surface area (Å²) >= 11 is 4.73.